The average Bonchev–Trinajstić information content (AvgIpc) is 2.73. The summed E-state index contributed by atoms with van der Waals surface area (Å²) in [6.45, 7) is 6.31. The quantitative estimate of drug-likeness (QED) is 0.840. The van der Waals surface area contributed by atoms with E-state index >= 15 is 0 Å². The summed E-state index contributed by atoms with van der Waals surface area (Å²) in [5.41, 5.74) is 9.66. The lowest BCUT2D eigenvalue weighted by Crippen LogP contribution is -2.04. The van der Waals surface area contributed by atoms with Gasteiger partial charge < -0.3 is 10.5 Å². The van der Waals surface area contributed by atoms with Gasteiger partial charge in [-0.05, 0) is 18.6 Å². The second-order valence-corrected chi connectivity index (χ2v) is 4.27. The fourth-order valence-electron chi connectivity index (χ4n) is 1.78. The van der Waals surface area contributed by atoms with Crippen molar-refractivity contribution < 1.29 is 4.74 Å². The number of ether oxygens (including phenoxy) is 1. The van der Waals surface area contributed by atoms with Crippen LogP contribution in [-0.2, 0) is 13.7 Å². The summed E-state index contributed by atoms with van der Waals surface area (Å²) in [6.07, 6.45) is 1.84. The number of anilines is 1. The highest BCUT2D eigenvalue weighted by molar-refractivity contribution is 5.69. The summed E-state index contributed by atoms with van der Waals surface area (Å²) >= 11 is 0. The van der Waals surface area contributed by atoms with Crippen LogP contribution in [0.1, 0.15) is 18.1 Å². The normalized spacial score (nSPS) is 10.3. The minimum atomic E-state index is 0.395. The molecule has 0 unspecified atom stereocenters. The molecule has 1 aromatic heterocycles. The van der Waals surface area contributed by atoms with Crippen molar-refractivity contribution in [2.75, 3.05) is 5.73 Å². The Kier molecular flexibility index (Phi) is 3.37. The number of rotatable bonds is 4. The van der Waals surface area contributed by atoms with Gasteiger partial charge in [-0.3, -0.25) is 4.68 Å². The maximum Gasteiger partial charge on any atom is 0.233 e. The Morgan fingerprint density at radius 3 is 2.83 bits per heavy atom. The summed E-state index contributed by atoms with van der Waals surface area (Å²) in [6, 6.07) is 7.60. The van der Waals surface area contributed by atoms with Crippen LogP contribution in [0.25, 0.3) is 5.57 Å². The van der Waals surface area contributed by atoms with Crippen LogP contribution in [-0.4, -0.2) is 9.78 Å². The third kappa shape index (κ3) is 2.53. The number of aryl methyl sites for hydroxylation is 1. The first-order valence-electron chi connectivity index (χ1n) is 5.73. The molecule has 2 aromatic rings. The third-order valence-corrected chi connectivity index (χ3v) is 2.73. The van der Waals surface area contributed by atoms with Crippen LogP contribution >= 0.6 is 0 Å². The van der Waals surface area contributed by atoms with E-state index in [-0.39, 0.29) is 0 Å². The molecule has 2 N–H and O–H groups in total. The van der Waals surface area contributed by atoms with Crippen LogP contribution < -0.4 is 10.5 Å². The minimum Gasteiger partial charge on any atom is -0.472 e. The molecule has 1 heterocycles. The highest BCUT2D eigenvalue weighted by Gasteiger charge is 2.08. The third-order valence-electron chi connectivity index (χ3n) is 2.73. The summed E-state index contributed by atoms with van der Waals surface area (Å²) in [7, 11) is 1.85. The van der Waals surface area contributed by atoms with E-state index in [0.29, 0.717) is 18.2 Å². The second-order valence-electron chi connectivity index (χ2n) is 4.27. The van der Waals surface area contributed by atoms with Crippen LogP contribution in [0, 0.1) is 0 Å². The van der Waals surface area contributed by atoms with E-state index in [9.17, 15) is 0 Å². The van der Waals surface area contributed by atoms with Crippen LogP contribution in [0.4, 0.5) is 5.69 Å². The molecule has 0 atom stereocenters. The molecule has 18 heavy (non-hydrogen) atoms. The molecule has 0 radical (unpaired) electrons. The van der Waals surface area contributed by atoms with E-state index < -0.39 is 0 Å². The van der Waals surface area contributed by atoms with Crippen LogP contribution in [0.15, 0.2) is 37.0 Å². The lowest BCUT2D eigenvalue weighted by molar-refractivity contribution is 0.291. The summed E-state index contributed by atoms with van der Waals surface area (Å²) in [4.78, 5) is 0. The lowest BCUT2D eigenvalue weighted by atomic mass is 10.0. The number of nitrogens with zero attached hydrogens (tertiary/aromatic N) is 2. The Labute approximate surface area is 107 Å². The van der Waals surface area contributed by atoms with Crippen molar-refractivity contribution in [2.24, 2.45) is 7.05 Å². The van der Waals surface area contributed by atoms with Crippen molar-refractivity contribution in [1.29, 1.82) is 0 Å². The molecule has 4 heteroatoms. The van der Waals surface area contributed by atoms with Crippen molar-refractivity contribution in [3.05, 3.63) is 48.2 Å². The summed E-state index contributed by atoms with van der Waals surface area (Å²) in [5.74, 6) is 0.591. The van der Waals surface area contributed by atoms with Gasteiger partial charge in [0.15, 0.2) is 0 Å². The zero-order valence-corrected chi connectivity index (χ0v) is 10.7. The number of nitrogen functional groups attached to an aromatic ring is 1. The summed E-state index contributed by atoms with van der Waals surface area (Å²) in [5, 5.41) is 4.16. The molecule has 0 aliphatic carbocycles. The number of hydrogen-bond donors (Lipinski definition) is 1. The van der Waals surface area contributed by atoms with Gasteiger partial charge in [0.05, 0.1) is 0 Å². The molecule has 94 valence electrons. The smallest absolute Gasteiger partial charge is 0.233 e. The number of aromatic nitrogens is 2. The molecule has 0 bridgehead atoms. The van der Waals surface area contributed by atoms with Gasteiger partial charge >= 0.3 is 0 Å². The number of benzene rings is 1. The lowest BCUT2D eigenvalue weighted by Gasteiger charge is -2.12. The van der Waals surface area contributed by atoms with E-state index in [1.54, 1.807) is 4.68 Å². The fourth-order valence-corrected chi connectivity index (χ4v) is 1.78. The topological polar surface area (TPSA) is 53.1 Å². The van der Waals surface area contributed by atoms with Crippen molar-refractivity contribution in [2.45, 2.75) is 13.5 Å². The van der Waals surface area contributed by atoms with E-state index in [4.69, 9.17) is 10.5 Å². The first kappa shape index (κ1) is 12.2. The van der Waals surface area contributed by atoms with Crippen molar-refractivity contribution >= 4 is 11.3 Å². The van der Waals surface area contributed by atoms with Crippen molar-refractivity contribution in [3.8, 4) is 5.88 Å². The number of nitrogens with two attached hydrogens (primary N) is 1. The SMILES string of the molecule is C=C(C)c1cccc(N)c1COc1ccn(C)n1. The van der Waals surface area contributed by atoms with E-state index in [0.717, 1.165) is 16.7 Å². The largest absolute Gasteiger partial charge is 0.472 e. The standard InChI is InChI=1S/C14H17N3O/c1-10(2)11-5-4-6-13(15)12(11)9-18-14-7-8-17(3)16-14/h4-8H,1,9,15H2,2-3H3. The van der Waals surface area contributed by atoms with Crippen molar-refractivity contribution in [1.82, 2.24) is 9.78 Å². The van der Waals surface area contributed by atoms with Gasteiger partial charge in [-0.25, -0.2) is 0 Å². The number of allylic oxidation sites excluding steroid dienone is 1. The van der Waals surface area contributed by atoms with Crippen molar-refractivity contribution in [3.63, 3.8) is 0 Å². The summed E-state index contributed by atoms with van der Waals surface area (Å²) < 4.78 is 7.33. The van der Waals surface area contributed by atoms with Crippen LogP contribution in [0.2, 0.25) is 0 Å². The van der Waals surface area contributed by atoms with Gasteiger partial charge in [0.25, 0.3) is 0 Å². The zero-order valence-electron chi connectivity index (χ0n) is 10.7. The molecule has 0 amide bonds. The Hall–Kier alpha value is -2.23. The molecule has 1 aromatic carbocycles. The minimum absolute atomic E-state index is 0.395. The van der Waals surface area contributed by atoms with Gasteiger partial charge in [0.2, 0.25) is 5.88 Å². The Bertz CT molecular complexity index is 572. The number of hydrogen-bond acceptors (Lipinski definition) is 3. The molecule has 0 fully saturated rings. The van der Waals surface area contributed by atoms with Gasteiger partial charge in [-0.1, -0.05) is 24.3 Å². The van der Waals surface area contributed by atoms with Gasteiger partial charge in [-0.15, -0.1) is 5.10 Å². The second kappa shape index (κ2) is 4.96. The van der Waals surface area contributed by atoms with E-state index in [1.807, 2.05) is 44.4 Å². The first-order valence-corrected chi connectivity index (χ1v) is 5.73. The molecule has 0 spiro atoms. The molecule has 0 saturated heterocycles. The van der Waals surface area contributed by atoms with Crippen LogP contribution in [0.5, 0.6) is 5.88 Å². The van der Waals surface area contributed by atoms with Gasteiger partial charge in [-0.2, -0.15) is 0 Å². The average molecular weight is 243 g/mol. The highest BCUT2D eigenvalue weighted by Crippen LogP contribution is 2.24. The maximum atomic E-state index is 5.98. The Balaban J connectivity index is 2.20. The molecule has 2 rings (SSSR count). The highest BCUT2D eigenvalue weighted by atomic mass is 16.5. The van der Waals surface area contributed by atoms with Crippen LogP contribution in [0.3, 0.4) is 0 Å². The van der Waals surface area contributed by atoms with Gasteiger partial charge in [0, 0.05) is 30.6 Å². The van der Waals surface area contributed by atoms with E-state index in [2.05, 4.69) is 11.7 Å². The fraction of sp³-hybridized carbons (Fsp3) is 0.214. The molecular formula is C14H17N3O. The first-order chi connectivity index (χ1) is 8.58. The van der Waals surface area contributed by atoms with Gasteiger partial charge in [0.1, 0.15) is 6.61 Å². The Morgan fingerprint density at radius 2 is 2.22 bits per heavy atom. The molecule has 0 aliphatic heterocycles. The predicted molar refractivity (Wildman–Crippen MR) is 73.1 cm³/mol. The predicted octanol–water partition coefficient (Wildman–Crippen LogP) is 2.61. The Morgan fingerprint density at radius 1 is 1.44 bits per heavy atom. The molecule has 0 saturated carbocycles. The maximum absolute atomic E-state index is 5.98. The molecular weight excluding hydrogens is 226 g/mol. The molecule has 0 aliphatic rings. The van der Waals surface area contributed by atoms with E-state index in [1.165, 1.54) is 0 Å². The molecule has 4 nitrogen and oxygen atoms in total. The monoisotopic (exact) mass is 243 g/mol. The zero-order chi connectivity index (χ0) is 13.1.